The number of amides is 2. The van der Waals surface area contributed by atoms with Crippen molar-refractivity contribution in [3.63, 3.8) is 0 Å². The molecule has 1 fully saturated rings. The Labute approximate surface area is 110 Å². The van der Waals surface area contributed by atoms with E-state index in [1.165, 1.54) is 7.11 Å². The highest BCUT2D eigenvalue weighted by Gasteiger charge is 2.24. The van der Waals surface area contributed by atoms with Gasteiger partial charge in [0.2, 0.25) is 0 Å². The zero-order chi connectivity index (χ0) is 13.8. The Morgan fingerprint density at radius 1 is 1.37 bits per heavy atom. The van der Waals surface area contributed by atoms with E-state index in [9.17, 15) is 9.59 Å². The molecule has 102 valence electrons. The molecule has 0 aliphatic heterocycles. The number of rotatable bonds is 6. The normalized spacial score (nSPS) is 13.7. The highest BCUT2D eigenvalue weighted by Crippen LogP contribution is 2.28. The summed E-state index contributed by atoms with van der Waals surface area (Å²) in [5.41, 5.74) is 5.50. The molecule has 0 saturated heterocycles. The Hall–Kier alpha value is -2.24. The number of hydrogen-bond acceptors (Lipinski definition) is 4. The van der Waals surface area contributed by atoms with Gasteiger partial charge in [0.05, 0.1) is 7.11 Å². The molecule has 0 bridgehead atoms. The molecule has 0 atom stereocenters. The minimum Gasteiger partial charge on any atom is -0.493 e. The zero-order valence-electron chi connectivity index (χ0n) is 10.6. The molecule has 2 amide bonds. The van der Waals surface area contributed by atoms with Gasteiger partial charge in [0.1, 0.15) is 0 Å². The molecular weight excluding hydrogens is 248 g/mol. The van der Waals surface area contributed by atoms with Crippen molar-refractivity contribution in [2.24, 2.45) is 5.73 Å². The summed E-state index contributed by atoms with van der Waals surface area (Å²) in [6.45, 7) is -0.232. The summed E-state index contributed by atoms with van der Waals surface area (Å²) in [6.07, 6.45) is 2.06. The largest absolute Gasteiger partial charge is 0.493 e. The quantitative estimate of drug-likeness (QED) is 0.780. The van der Waals surface area contributed by atoms with Gasteiger partial charge in [0.15, 0.2) is 18.1 Å². The van der Waals surface area contributed by atoms with Crippen molar-refractivity contribution in [3.05, 3.63) is 23.8 Å². The van der Waals surface area contributed by atoms with E-state index in [0.29, 0.717) is 23.1 Å². The number of benzene rings is 1. The van der Waals surface area contributed by atoms with Gasteiger partial charge in [0, 0.05) is 11.6 Å². The van der Waals surface area contributed by atoms with Gasteiger partial charge in [0.25, 0.3) is 11.8 Å². The van der Waals surface area contributed by atoms with Crippen molar-refractivity contribution in [2.75, 3.05) is 13.7 Å². The minimum atomic E-state index is -0.572. The number of nitrogens with two attached hydrogens (primary N) is 1. The third-order valence-corrected chi connectivity index (χ3v) is 2.71. The highest BCUT2D eigenvalue weighted by molar-refractivity contribution is 5.95. The first-order valence-corrected chi connectivity index (χ1v) is 6.00. The average molecular weight is 264 g/mol. The molecule has 1 aliphatic carbocycles. The molecule has 1 aromatic rings. The lowest BCUT2D eigenvalue weighted by molar-refractivity contribution is -0.119. The molecule has 19 heavy (non-hydrogen) atoms. The smallest absolute Gasteiger partial charge is 0.255 e. The Bertz CT molecular complexity index is 497. The van der Waals surface area contributed by atoms with Crippen LogP contribution in [0.25, 0.3) is 0 Å². The molecule has 0 spiro atoms. The number of primary amides is 1. The number of carbonyl (C=O) groups excluding carboxylic acids is 2. The molecule has 2 rings (SSSR count). The molecule has 1 aliphatic rings. The van der Waals surface area contributed by atoms with Crippen LogP contribution in [-0.2, 0) is 4.79 Å². The van der Waals surface area contributed by atoms with Crippen LogP contribution in [0, 0.1) is 0 Å². The van der Waals surface area contributed by atoms with Gasteiger partial charge in [-0.2, -0.15) is 0 Å². The fourth-order valence-corrected chi connectivity index (χ4v) is 1.57. The Balaban J connectivity index is 2.09. The van der Waals surface area contributed by atoms with Gasteiger partial charge in [-0.3, -0.25) is 9.59 Å². The number of carbonyl (C=O) groups is 2. The monoisotopic (exact) mass is 264 g/mol. The first-order valence-electron chi connectivity index (χ1n) is 6.00. The molecule has 1 saturated carbocycles. The van der Waals surface area contributed by atoms with Crippen LogP contribution in [-0.4, -0.2) is 31.6 Å². The average Bonchev–Trinajstić information content (AvgIpc) is 3.19. The number of ether oxygens (including phenoxy) is 2. The molecule has 6 nitrogen and oxygen atoms in total. The van der Waals surface area contributed by atoms with Crippen LogP contribution in [0.2, 0.25) is 0 Å². The van der Waals surface area contributed by atoms with Crippen molar-refractivity contribution in [3.8, 4) is 11.5 Å². The minimum absolute atomic E-state index is 0.137. The van der Waals surface area contributed by atoms with Crippen molar-refractivity contribution >= 4 is 11.8 Å². The third-order valence-electron chi connectivity index (χ3n) is 2.71. The predicted octanol–water partition coefficient (Wildman–Crippen LogP) is 0.452. The van der Waals surface area contributed by atoms with Crippen LogP contribution >= 0.6 is 0 Å². The Morgan fingerprint density at radius 2 is 2.11 bits per heavy atom. The summed E-state index contributed by atoms with van der Waals surface area (Å²) in [6, 6.07) is 5.08. The summed E-state index contributed by atoms with van der Waals surface area (Å²) in [5.74, 6) is 0.0637. The maximum absolute atomic E-state index is 11.9. The maximum atomic E-state index is 11.9. The van der Waals surface area contributed by atoms with E-state index >= 15 is 0 Å². The summed E-state index contributed by atoms with van der Waals surface area (Å²) < 4.78 is 10.3. The SMILES string of the molecule is COc1cc(C(=O)NC2CC2)ccc1OCC(N)=O. The van der Waals surface area contributed by atoms with E-state index in [1.54, 1.807) is 18.2 Å². The fraction of sp³-hybridized carbons (Fsp3) is 0.385. The van der Waals surface area contributed by atoms with E-state index in [4.69, 9.17) is 15.2 Å². The fourth-order valence-electron chi connectivity index (χ4n) is 1.57. The van der Waals surface area contributed by atoms with E-state index in [1.807, 2.05) is 0 Å². The standard InChI is InChI=1S/C13H16N2O4/c1-18-11-6-8(13(17)15-9-3-4-9)2-5-10(11)19-7-12(14)16/h2,5-6,9H,3-4,7H2,1H3,(H2,14,16)(H,15,17). The van der Waals surface area contributed by atoms with Gasteiger partial charge in [-0.05, 0) is 31.0 Å². The highest BCUT2D eigenvalue weighted by atomic mass is 16.5. The summed E-state index contributed by atoms with van der Waals surface area (Å²) in [7, 11) is 1.47. The maximum Gasteiger partial charge on any atom is 0.255 e. The zero-order valence-corrected chi connectivity index (χ0v) is 10.6. The molecule has 1 aromatic carbocycles. The number of methoxy groups -OCH3 is 1. The first kappa shape index (κ1) is 13.2. The van der Waals surface area contributed by atoms with Crippen LogP contribution in [0.1, 0.15) is 23.2 Å². The summed E-state index contributed by atoms with van der Waals surface area (Å²) in [5, 5.41) is 2.88. The van der Waals surface area contributed by atoms with E-state index in [2.05, 4.69) is 5.32 Å². The Kier molecular flexibility index (Phi) is 3.89. The molecule has 6 heteroatoms. The van der Waals surface area contributed by atoms with Crippen molar-refractivity contribution in [1.82, 2.24) is 5.32 Å². The van der Waals surface area contributed by atoms with E-state index in [-0.39, 0.29) is 12.5 Å². The lowest BCUT2D eigenvalue weighted by Gasteiger charge is -2.11. The van der Waals surface area contributed by atoms with Crippen molar-refractivity contribution in [2.45, 2.75) is 18.9 Å². The van der Waals surface area contributed by atoms with Crippen LogP contribution in [0.4, 0.5) is 0 Å². The Morgan fingerprint density at radius 3 is 2.68 bits per heavy atom. The number of hydrogen-bond donors (Lipinski definition) is 2. The van der Waals surface area contributed by atoms with Crippen LogP contribution in [0.15, 0.2) is 18.2 Å². The van der Waals surface area contributed by atoms with Crippen molar-refractivity contribution < 1.29 is 19.1 Å². The second-order valence-electron chi connectivity index (χ2n) is 4.37. The molecule has 0 radical (unpaired) electrons. The topological polar surface area (TPSA) is 90.7 Å². The van der Waals surface area contributed by atoms with Gasteiger partial charge in [-0.15, -0.1) is 0 Å². The van der Waals surface area contributed by atoms with Gasteiger partial charge in [-0.25, -0.2) is 0 Å². The lowest BCUT2D eigenvalue weighted by atomic mass is 10.2. The van der Waals surface area contributed by atoms with Gasteiger partial charge >= 0.3 is 0 Å². The molecule has 3 N–H and O–H groups in total. The van der Waals surface area contributed by atoms with Gasteiger partial charge in [-0.1, -0.05) is 0 Å². The predicted molar refractivity (Wildman–Crippen MR) is 68.2 cm³/mol. The molecule has 0 aromatic heterocycles. The van der Waals surface area contributed by atoms with Crippen LogP contribution in [0.5, 0.6) is 11.5 Å². The molecule has 0 heterocycles. The van der Waals surface area contributed by atoms with Crippen LogP contribution in [0.3, 0.4) is 0 Å². The van der Waals surface area contributed by atoms with Crippen LogP contribution < -0.4 is 20.5 Å². The van der Waals surface area contributed by atoms with Crippen molar-refractivity contribution in [1.29, 1.82) is 0 Å². The second kappa shape index (κ2) is 5.60. The van der Waals surface area contributed by atoms with Gasteiger partial charge < -0.3 is 20.5 Å². The third kappa shape index (κ3) is 3.61. The summed E-state index contributed by atoms with van der Waals surface area (Å²) in [4.78, 5) is 22.5. The van der Waals surface area contributed by atoms with E-state index in [0.717, 1.165) is 12.8 Å². The lowest BCUT2D eigenvalue weighted by Crippen LogP contribution is -2.25. The summed E-state index contributed by atoms with van der Waals surface area (Å²) >= 11 is 0. The second-order valence-corrected chi connectivity index (χ2v) is 4.37. The first-order chi connectivity index (χ1) is 9.10. The van der Waals surface area contributed by atoms with E-state index < -0.39 is 5.91 Å². The molecule has 0 unspecified atom stereocenters. The number of nitrogens with one attached hydrogen (secondary N) is 1. The molecular formula is C13H16N2O4.